The van der Waals surface area contributed by atoms with Gasteiger partial charge in [0.15, 0.2) is 16.7 Å². The molecule has 1 N–H and O–H groups in total. The largest absolute Gasteiger partial charge is 0.466 e. The number of amides is 1. The molecule has 132 valence electrons. The Morgan fingerprint density at radius 3 is 2.80 bits per heavy atom. The van der Waals surface area contributed by atoms with Crippen molar-refractivity contribution < 1.29 is 32.2 Å². The van der Waals surface area contributed by atoms with Gasteiger partial charge in [-0.1, -0.05) is 0 Å². The van der Waals surface area contributed by atoms with Crippen LogP contribution in [0.5, 0.6) is 5.75 Å². The summed E-state index contributed by atoms with van der Waals surface area (Å²) in [5, 5.41) is 9.83. The van der Waals surface area contributed by atoms with Gasteiger partial charge in [0.1, 0.15) is 0 Å². The number of nitrogens with one attached hydrogen (secondary N) is 1. The smallest absolute Gasteiger partial charge is 0.387 e. The summed E-state index contributed by atoms with van der Waals surface area (Å²) in [5.74, 6) is -2.80. The Kier molecular flexibility index (Phi) is 6.17. The van der Waals surface area contributed by atoms with Crippen LogP contribution in [0.25, 0.3) is 0 Å². The molecule has 0 saturated carbocycles. The SMILES string of the molecule is COC(=O)/C=C1/S/C(=N\N=Cc2ccc(OC(F)F)c(F)c2)NC1=O. The molecule has 0 bridgehead atoms. The van der Waals surface area contributed by atoms with Gasteiger partial charge in [-0.05, 0) is 35.5 Å². The zero-order valence-corrected chi connectivity index (χ0v) is 13.4. The highest BCUT2D eigenvalue weighted by atomic mass is 32.2. The normalized spacial score (nSPS) is 17.6. The molecule has 0 atom stereocenters. The first-order valence-corrected chi connectivity index (χ1v) is 7.35. The molecule has 0 unspecified atom stereocenters. The van der Waals surface area contributed by atoms with Gasteiger partial charge in [-0.2, -0.15) is 13.9 Å². The summed E-state index contributed by atoms with van der Waals surface area (Å²) in [6, 6.07) is 3.26. The van der Waals surface area contributed by atoms with Crippen LogP contribution < -0.4 is 10.1 Å². The first-order valence-electron chi connectivity index (χ1n) is 6.53. The number of alkyl halides is 2. The number of esters is 1. The second-order valence-electron chi connectivity index (χ2n) is 4.31. The highest BCUT2D eigenvalue weighted by Crippen LogP contribution is 2.23. The van der Waals surface area contributed by atoms with E-state index in [1.165, 1.54) is 13.2 Å². The van der Waals surface area contributed by atoms with Crippen LogP contribution in [-0.2, 0) is 14.3 Å². The van der Waals surface area contributed by atoms with Crippen molar-refractivity contribution in [3.8, 4) is 5.75 Å². The van der Waals surface area contributed by atoms with E-state index in [4.69, 9.17) is 0 Å². The Morgan fingerprint density at radius 2 is 2.16 bits per heavy atom. The number of methoxy groups -OCH3 is 1. The molecule has 1 aromatic rings. The lowest BCUT2D eigenvalue weighted by atomic mass is 10.2. The zero-order valence-electron chi connectivity index (χ0n) is 12.5. The quantitative estimate of drug-likeness (QED) is 0.369. The Hall–Kier alpha value is -2.82. The fourth-order valence-corrected chi connectivity index (χ4v) is 2.32. The molecule has 1 saturated heterocycles. The summed E-state index contributed by atoms with van der Waals surface area (Å²) in [5.41, 5.74) is 0.239. The van der Waals surface area contributed by atoms with Crippen LogP contribution in [-0.4, -0.2) is 37.0 Å². The Bertz CT molecular complexity index is 781. The molecule has 1 aliphatic heterocycles. The minimum Gasteiger partial charge on any atom is -0.466 e. The average molecular weight is 373 g/mol. The van der Waals surface area contributed by atoms with Crippen LogP contribution in [0, 0.1) is 5.82 Å². The summed E-state index contributed by atoms with van der Waals surface area (Å²) < 4.78 is 46.0. The van der Waals surface area contributed by atoms with Gasteiger partial charge in [-0.3, -0.25) is 10.1 Å². The molecule has 1 amide bonds. The number of thioether (sulfide) groups is 1. The second kappa shape index (κ2) is 8.33. The molecule has 1 heterocycles. The number of ether oxygens (including phenoxy) is 2. The van der Waals surface area contributed by atoms with E-state index in [9.17, 15) is 22.8 Å². The minimum absolute atomic E-state index is 0.0837. The van der Waals surface area contributed by atoms with E-state index in [0.29, 0.717) is 0 Å². The molecule has 0 aliphatic carbocycles. The number of hydrogen-bond acceptors (Lipinski definition) is 7. The van der Waals surface area contributed by atoms with Gasteiger partial charge in [0.25, 0.3) is 5.91 Å². The Balaban J connectivity index is 2.04. The Morgan fingerprint density at radius 1 is 1.40 bits per heavy atom. The highest BCUT2D eigenvalue weighted by molar-refractivity contribution is 8.18. The maximum atomic E-state index is 13.5. The van der Waals surface area contributed by atoms with Gasteiger partial charge in [-0.15, -0.1) is 5.10 Å². The van der Waals surface area contributed by atoms with E-state index in [0.717, 1.165) is 36.2 Å². The standard InChI is InChI=1S/C14H10F3N3O4S/c1-23-11(21)5-10-12(22)19-14(25-10)20-18-6-7-2-3-9(8(15)4-7)24-13(16)17/h2-6,13H,1H3,(H,19,20,22)/b10-5+,18-6?. The lowest BCUT2D eigenvalue weighted by Gasteiger charge is -2.05. The first kappa shape index (κ1) is 18.5. The van der Waals surface area contributed by atoms with Crippen LogP contribution in [0.2, 0.25) is 0 Å². The van der Waals surface area contributed by atoms with Gasteiger partial charge >= 0.3 is 12.6 Å². The van der Waals surface area contributed by atoms with E-state index in [1.54, 1.807) is 0 Å². The molecule has 7 nitrogen and oxygen atoms in total. The van der Waals surface area contributed by atoms with Crippen LogP contribution >= 0.6 is 11.8 Å². The molecule has 0 spiro atoms. The number of carbonyl (C=O) groups excluding carboxylic acids is 2. The Labute approximate surface area is 143 Å². The highest BCUT2D eigenvalue weighted by Gasteiger charge is 2.25. The third-order valence-electron chi connectivity index (χ3n) is 2.63. The molecule has 1 aromatic carbocycles. The number of benzene rings is 1. The minimum atomic E-state index is -3.13. The molecule has 1 fully saturated rings. The first-order chi connectivity index (χ1) is 11.9. The molecular weight excluding hydrogens is 363 g/mol. The fraction of sp³-hybridized carbons (Fsp3) is 0.143. The van der Waals surface area contributed by atoms with Gasteiger partial charge in [-0.25, -0.2) is 9.18 Å². The molecular formula is C14H10F3N3O4S. The number of hydrogen-bond donors (Lipinski definition) is 1. The van der Waals surface area contributed by atoms with Crippen molar-refractivity contribution in [2.75, 3.05) is 7.11 Å². The summed E-state index contributed by atoms with van der Waals surface area (Å²) in [4.78, 5) is 22.7. The number of amidine groups is 1. The summed E-state index contributed by atoms with van der Waals surface area (Å²) in [6.45, 7) is -3.13. The van der Waals surface area contributed by atoms with E-state index < -0.39 is 30.1 Å². The maximum Gasteiger partial charge on any atom is 0.387 e. The van der Waals surface area contributed by atoms with Gasteiger partial charge in [0.05, 0.1) is 18.2 Å². The zero-order chi connectivity index (χ0) is 18.4. The van der Waals surface area contributed by atoms with Crippen molar-refractivity contribution >= 4 is 35.0 Å². The fourth-order valence-electron chi connectivity index (χ4n) is 1.58. The average Bonchev–Trinajstić information content (AvgIpc) is 2.89. The second-order valence-corrected chi connectivity index (χ2v) is 5.34. The van der Waals surface area contributed by atoms with E-state index in [2.05, 4.69) is 25.0 Å². The predicted octanol–water partition coefficient (Wildman–Crippen LogP) is 2.04. The monoisotopic (exact) mass is 373 g/mol. The number of carbonyl (C=O) groups is 2. The number of nitrogens with zero attached hydrogens (tertiary/aromatic N) is 2. The van der Waals surface area contributed by atoms with Crippen LogP contribution in [0.15, 0.2) is 39.4 Å². The molecule has 2 rings (SSSR count). The molecule has 0 aromatic heterocycles. The predicted molar refractivity (Wildman–Crippen MR) is 83.9 cm³/mol. The van der Waals surface area contributed by atoms with Crippen molar-refractivity contribution in [3.63, 3.8) is 0 Å². The maximum absolute atomic E-state index is 13.5. The number of halogens is 3. The van der Waals surface area contributed by atoms with Crippen LogP contribution in [0.1, 0.15) is 5.56 Å². The van der Waals surface area contributed by atoms with Crippen molar-refractivity contribution in [1.82, 2.24) is 5.32 Å². The van der Waals surface area contributed by atoms with Gasteiger partial charge in [0.2, 0.25) is 0 Å². The topological polar surface area (TPSA) is 89.3 Å². The molecule has 0 radical (unpaired) electrons. The van der Waals surface area contributed by atoms with E-state index in [-0.39, 0.29) is 15.6 Å². The third kappa shape index (κ3) is 5.35. The summed E-state index contributed by atoms with van der Waals surface area (Å²) in [7, 11) is 1.17. The van der Waals surface area contributed by atoms with E-state index >= 15 is 0 Å². The summed E-state index contributed by atoms with van der Waals surface area (Å²) >= 11 is 0.868. The molecule has 1 aliphatic rings. The lowest BCUT2D eigenvalue weighted by molar-refractivity contribution is -0.135. The lowest BCUT2D eigenvalue weighted by Crippen LogP contribution is -2.19. The van der Waals surface area contributed by atoms with Crippen molar-refractivity contribution in [2.45, 2.75) is 6.61 Å². The molecule has 25 heavy (non-hydrogen) atoms. The van der Waals surface area contributed by atoms with Gasteiger partial charge in [0, 0.05) is 6.08 Å². The van der Waals surface area contributed by atoms with Crippen molar-refractivity contribution in [3.05, 3.63) is 40.6 Å². The summed E-state index contributed by atoms with van der Waals surface area (Å²) in [6.07, 6.45) is 2.15. The molecule has 11 heteroatoms. The van der Waals surface area contributed by atoms with Crippen molar-refractivity contribution in [1.29, 1.82) is 0 Å². The van der Waals surface area contributed by atoms with E-state index in [1.807, 2.05) is 0 Å². The number of rotatable bonds is 5. The van der Waals surface area contributed by atoms with Crippen LogP contribution in [0.4, 0.5) is 13.2 Å². The van der Waals surface area contributed by atoms with Crippen molar-refractivity contribution in [2.24, 2.45) is 10.2 Å². The third-order valence-corrected chi connectivity index (χ3v) is 3.53. The van der Waals surface area contributed by atoms with Gasteiger partial charge < -0.3 is 9.47 Å². The van der Waals surface area contributed by atoms with Crippen LogP contribution in [0.3, 0.4) is 0 Å².